The van der Waals surface area contributed by atoms with Gasteiger partial charge >= 0.3 is 6.01 Å². The van der Waals surface area contributed by atoms with E-state index in [2.05, 4.69) is 25.3 Å². The minimum absolute atomic E-state index is 0.289. The van der Waals surface area contributed by atoms with Gasteiger partial charge in [-0.2, -0.15) is 0 Å². The summed E-state index contributed by atoms with van der Waals surface area (Å²) in [6, 6.07) is 5.27. The van der Waals surface area contributed by atoms with Crippen molar-refractivity contribution in [3.8, 4) is 17.1 Å². The zero-order chi connectivity index (χ0) is 17.4. The molecular formula is C18H16FN5O. The lowest BCUT2D eigenvalue weighted by atomic mass is 10.1. The molecule has 0 saturated heterocycles. The Bertz CT molecular complexity index is 1060. The van der Waals surface area contributed by atoms with Crippen molar-refractivity contribution in [2.75, 3.05) is 19.0 Å². The molecule has 1 aromatic carbocycles. The smallest absolute Gasteiger partial charge is 0.316 e. The molecule has 0 aliphatic carbocycles. The van der Waals surface area contributed by atoms with Crippen LogP contribution < -0.4 is 10.1 Å². The van der Waals surface area contributed by atoms with Crippen molar-refractivity contribution in [1.29, 1.82) is 0 Å². The zero-order valence-electron chi connectivity index (χ0n) is 13.8. The molecule has 25 heavy (non-hydrogen) atoms. The third-order valence-corrected chi connectivity index (χ3v) is 4.04. The number of nitrogens with zero attached hydrogens (tertiary/aromatic N) is 3. The van der Waals surface area contributed by atoms with E-state index < -0.39 is 0 Å². The van der Waals surface area contributed by atoms with Crippen LogP contribution in [0.4, 0.5) is 10.1 Å². The van der Waals surface area contributed by atoms with E-state index in [1.165, 1.54) is 19.2 Å². The van der Waals surface area contributed by atoms with Gasteiger partial charge in [-0.3, -0.25) is 0 Å². The molecule has 0 bridgehead atoms. The van der Waals surface area contributed by atoms with Crippen LogP contribution in [0, 0.1) is 5.82 Å². The minimum Gasteiger partial charge on any atom is -0.467 e. The third kappa shape index (κ3) is 2.63. The molecule has 3 heterocycles. The highest BCUT2D eigenvalue weighted by atomic mass is 19.1. The Labute approximate surface area is 143 Å². The Balaban J connectivity index is 1.90. The first-order valence-electron chi connectivity index (χ1n) is 7.91. The molecule has 7 heteroatoms. The van der Waals surface area contributed by atoms with E-state index in [9.17, 15) is 4.39 Å². The molecule has 0 radical (unpaired) electrons. The number of anilines is 1. The number of methoxy groups -OCH3 is 1. The van der Waals surface area contributed by atoms with E-state index in [-0.39, 0.29) is 5.82 Å². The van der Waals surface area contributed by atoms with Crippen LogP contribution in [0.25, 0.3) is 33.1 Å². The van der Waals surface area contributed by atoms with Crippen molar-refractivity contribution in [3.63, 3.8) is 0 Å². The van der Waals surface area contributed by atoms with Crippen LogP contribution in [0.2, 0.25) is 0 Å². The number of rotatable bonds is 4. The van der Waals surface area contributed by atoms with E-state index in [1.807, 2.05) is 13.0 Å². The summed E-state index contributed by atoms with van der Waals surface area (Å²) in [6.07, 6.45) is 5.09. The maximum atomic E-state index is 14.0. The fourth-order valence-electron chi connectivity index (χ4n) is 2.90. The third-order valence-electron chi connectivity index (χ3n) is 4.04. The van der Waals surface area contributed by atoms with Crippen molar-refractivity contribution < 1.29 is 9.13 Å². The fourth-order valence-corrected chi connectivity index (χ4v) is 2.90. The van der Waals surface area contributed by atoms with E-state index in [0.717, 1.165) is 33.1 Å². The number of benzene rings is 1. The van der Waals surface area contributed by atoms with Gasteiger partial charge in [0, 0.05) is 47.0 Å². The summed E-state index contributed by atoms with van der Waals surface area (Å²) in [5.41, 5.74) is 3.94. The maximum Gasteiger partial charge on any atom is 0.316 e. The number of hydrogen-bond acceptors (Lipinski definition) is 5. The number of aromatic nitrogens is 4. The summed E-state index contributed by atoms with van der Waals surface area (Å²) in [4.78, 5) is 16.0. The Morgan fingerprint density at radius 1 is 1.04 bits per heavy atom. The van der Waals surface area contributed by atoms with Crippen LogP contribution in [0.15, 0.2) is 36.8 Å². The number of halogens is 1. The molecule has 4 aromatic rings. The zero-order valence-corrected chi connectivity index (χ0v) is 13.8. The van der Waals surface area contributed by atoms with Gasteiger partial charge in [0.25, 0.3) is 0 Å². The van der Waals surface area contributed by atoms with Crippen molar-refractivity contribution in [1.82, 2.24) is 19.9 Å². The molecule has 126 valence electrons. The average Bonchev–Trinajstić information content (AvgIpc) is 3.00. The standard InChI is InChI=1S/C18H16FN5O/c1-3-20-15-6-12(19)5-13-14-4-10(7-21-17(14)24-16(13)15)11-8-22-18(25-2)23-9-11/h4-9,20H,3H2,1-2H3,(H,21,24). The number of H-pyrrole nitrogens is 1. The lowest BCUT2D eigenvalue weighted by Crippen LogP contribution is -1.97. The number of nitrogens with one attached hydrogen (secondary N) is 2. The molecule has 0 atom stereocenters. The van der Waals surface area contributed by atoms with Crippen molar-refractivity contribution >= 4 is 27.6 Å². The van der Waals surface area contributed by atoms with E-state index in [0.29, 0.717) is 18.2 Å². The largest absolute Gasteiger partial charge is 0.467 e. The molecule has 4 rings (SSSR count). The number of fused-ring (bicyclic) bond motifs is 3. The van der Waals surface area contributed by atoms with Crippen molar-refractivity contribution in [2.24, 2.45) is 0 Å². The normalized spacial score (nSPS) is 11.2. The lowest BCUT2D eigenvalue weighted by molar-refractivity contribution is 0.380. The fraction of sp³-hybridized carbons (Fsp3) is 0.167. The predicted octanol–water partition coefficient (Wildman–Crippen LogP) is 3.75. The summed E-state index contributed by atoms with van der Waals surface area (Å²) in [7, 11) is 1.52. The SMILES string of the molecule is CCNc1cc(F)cc2c1[nH]c1ncc(-c3cnc(OC)nc3)cc12. The second-order valence-corrected chi connectivity index (χ2v) is 5.61. The minimum atomic E-state index is -0.289. The number of pyridine rings is 1. The topological polar surface area (TPSA) is 75.7 Å². The highest BCUT2D eigenvalue weighted by Crippen LogP contribution is 2.32. The Kier molecular flexibility index (Phi) is 3.68. The van der Waals surface area contributed by atoms with Crippen molar-refractivity contribution in [3.05, 3.63) is 42.6 Å². The van der Waals surface area contributed by atoms with Gasteiger partial charge < -0.3 is 15.0 Å². The second kappa shape index (κ2) is 6.01. The Morgan fingerprint density at radius 2 is 1.80 bits per heavy atom. The summed E-state index contributed by atoms with van der Waals surface area (Å²) in [6.45, 7) is 2.68. The average molecular weight is 337 g/mol. The summed E-state index contributed by atoms with van der Waals surface area (Å²) in [5.74, 6) is -0.289. The molecule has 0 fully saturated rings. The second-order valence-electron chi connectivity index (χ2n) is 5.61. The molecular weight excluding hydrogens is 321 g/mol. The summed E-state index contributed by atoms with van der Waals surface area (Å²) >= 11 is 0. The molecule has 0 saturated carbocycles. The van der Waals surface area contributed by atoms with Crippen LogP contribution in [0.1, 0.15) is 6.92 Å². The molecule has 3 aromatic heterocycles. The van der Waals surface area contributed by atoms with Gasteiger partial charge in [0.1, 0.15) is 11.5 Å². The first-order chi connectivity index (χ1) is 12.2. The number of hydrogen-bond donors (Lipinski definition) is 2. The predicted molar refractivity (Wildman–Crippen MR) is 95.3 cm³/mol. The van der Waals surface area contributed by atoms with Crippen LogP contribution >= 0.6 is 0 Å². The van der Waals surface area contributed by atoms with Gasteiger partial charge in [-0.05, 0) is 25.1 Å². The first-order valence-corrected chi connectivity index (χ1v) is 7.91. The van der Waals surface area contributed by atoms with Crippen LogP contribution in [-0.4, -0.2) is 33.6 Å². The summed E-state index contributed by atoms with van der Waals surface area (Å²) < 4.78 is 19.0. The molecule has 6 nitrogen and oxygen atoms in total. The van der Waals surface area contributed by atoms with E-state index in [4.69, 9.17) is 4.74 Å². The quantitative estimate of drug-likeness (QED) is 0.593. The van der Waals surface area contributed by atoms with Gasteiger partial charge in [0.05, 0.1) is 18.3 Å². The molecule has 2 N–H and O–H groups in total. The highest BCUT2D eigenvalue weighted by Gasteiger charge is 2.12. The number of aromatic amines is 1. The van der Waals surface area contributed by atoms with Gasteiger partial charge in [0.15, 0.2) is 0 Å². The van der Waals surface area contributed by atoms with Gasteiger partial charge in [-0.1, -0.05) is 0 Å². The maximum absolute atomic E-state index is 14.0. The summed E-state index contributed by atoms with van der Waals surface area (Å²) in [5, 5.41) is 4.81. The number of ether oxygens (including phenoxy) is 1. The van der Waals surface area contributed by atoms with E-state index >= 15 is 0 Å². The molecule has 0 aliphatic heterocycles. The Hall–Kier alpha value is -3.22. The van der Waals surface area contributed by atoms with Crippen LogP contribution in [-0.2, 0) is 0 Å². The molecule has 0 aliphatic rings. The van der Waals surface area contributed by atoms with Gasteiger partial charge in [-0.15, -0.1) is 0 Å². The monoisotopic (exact) mass is 337 g/mol. The van der Waals surface area contributed by atoms with Crippen LogP contribution in [0.3, 0.4) is 0 Å². The molecule has 0 spiro atoms. The van der Waals surface area contributed by atoms with Crippen LogP contribution in [0.5, 0.6) is 6.01 Å². The van der Waals surface area contributed by atoms with Crippen molar-refractivity contribution in [2.45, 2.75) is 6.92 Å². The first kappa shape index (κ1) is 15.3. The van der Waals surface area contributed by atoms with Gasteiger partial charge in [0.2, 0.25) is 0 Å². The highest BCUT2D eigenvalue weighted by molar-refractivity contribution is 6.10. The Morgan fingerprint density at radius 3 is 2.52 bits per heavy atom. The molecule has 0 amide bonds. The van der Waals surface area contributed by atoms with E-state index in [1.54, 1.807) is 18.6 Å². The van der Waals surface area contributed by atoms with Gasteiger partial charge in [-0.25, -0.2) is 19.3 Å². The lowest BCUT2D eigenvalue weighted by Gasteiger charge is -2.05. The molecule has 0 unspecified atom stereocenters.